The Balaban J connectivity index is 2.15. The summed E-state index contributed by atoms with van der Waals surface area (Å²) >= 11 is 1.39. The molecule has 5 heteroatoms. The molecule has 4 nitrogen and oxygen atoms in total. The van der Waals surface area contributed by atoms with Crippen molar-refractivity contribution >= 4 is 17.2 Å². The summed E-state index contributed by atoms with van der Waals surface area (Å²) in [5.41, 5.74) is 8.22. The van der Waals surface area contributed by atoms with Crippen LogP contribution in [0.4, 0.5) is 0 Å². The van der Waals surface area contributed by atoms with Gasteiger partial charge in [0.25, 0.3) is 5.91 Å². The minimum Gasteiger partial charge on any atom is -0.344 e. The first kappa shape index (κ1) is 13.5. The van der Waals surface area contributed by atoms with E-state index in [0.717, 1.165) is 25.0 Å². The molecule has 1 aromatic heterocycles. The third-order valence-electron chi connectivity index (χ3n) is 4.13. The Bertz CT molecular complexity index is 432. The van der Waals surface area contributed by atoms with Crippen LogP contribution in [0.5, 0.6) is 0 Å². The summed E-state index contributed by atoms with van der Waals surface area (Å²) in [5, 5.41) is 3.18. The van der Waals surface area contributed by atoms with Crippen LogP contribution in [0, 0.1) is 12.8 Å². The number of aromatic nitrogens is 1. The van der Waals surface area contributed by atoms with E-state index in [1.807, 2.05) is 6.92 Å². The number of thiazole rings is 1. The minimum atomic E-state index is -0.230. The molecule has 1 aliphatic carbocycles. The molecule has 0 saturated heterocycles. The van der Waals surface area contributed by atoms with Crippen LogP contribution in [-0.2, 0) is 0 Å². The van der Waals surface area contributed by atoms with Crippen molar-refractivity contribution in [2.24, 2.45) is 11.7 Å². The highest BCUT2D eigenvalue weighted by Gasteiger charge is 2.38. The van der Waals surface area contributed by atoms with Gasteiger partial charge in [0.1, 0.15) is 4.88 Å². The first-order valence-electron chi connectivity index (χ1n) is 6.52. The van der Waals surface area contributed by atoms with Crippen LogP contribution in [0.3, 0.4) is 0 Å². The Hall–Kier alpha value is -0.940. The molecule has 2 unspecified atom stereocenters. The molecule has 0 aliphatic heterocycles. The average Bonchev–Trinajstić information content (AvgIpc) is 2.78. The number of carbonyl (C=O) groups excluding carboxylic acids is 1. The van der Waals surface area contributed by atoms with Gasteiger partial charge in [-0.1, -0.05) is 19.8 Å². The number of hydrogen-bond acceptors (Lipinski definition) is 4. The molecule has 1 heterocycles. The van der Waals surface area contributed by atoms with Crippen molar-refractivity contribution in [3.63, 3.8) is 0 Å². The lowest BCUT2D eigenvalue weighted by molar-refractivity contribution is 0.0816. The van der Waals surface area contributed by atoms with Gasteiger partial charge in [0, 0.05) is 6.54 Å². The van der Waals surface area contributed by atoms with Crippen molar-refractivity contribution in [2.75, 3.05) is 6.54 Å². The fourth-order valence-corrected chi connectivity index (χ4v) is 3.45. The van der Waals surface area contributed by atoms with Crippen molar-refractivity contribution in [2.45, 2.75) is 45.1 Å². The first-order chi connectivity index (χ1) is 8.59. The fraction of sp³-hybridized carbons (Fsp3) is 0.692. The number of hydrogen-bond donors (Lipinski definition) is 2. The van der Waals surface area contributed by atoms with Gasteiger partial charge < -0.3 is 11.1 Å². The zero-order valence-electron chi connectivity index (χ0n) is 11.0. The largest absolute Gasteiger partial charge is 0.344 e. The quantitative estimate of drug-likeness (QED) is 0.881. The van der Waals surface area contributed by atoms with Gasteiger partial charge in [0.15, 0.2) is 0 Å². The Kier molecular flexibility index (Phi) is 4.02. The van der Waals surface area contributed by atoms with Crippen LogP contribution in [0.25, 0.3) is 0 Å². The number of carbonyl (C=O) groups is 1. The fourth-order valence-electron chi connectivity index (χ4n) is 2.76. The molecule has 3 N–H and O–H groups in total. The molecule has 1 fully saturated rings. The van der Waals surface area contributed by atoms with E-state index in [2.05, 4.69) is 17.2 Å². The average molecular weight is 267 g/mol. The normalized spacial score (nSPS) is 28.1. The Morgan fingerprint density at radius 3 is 3.00 bits per heavy atom. The predicted molar refractivity (Wildman–Crippen MR) is 73.7 cm³/mol. The number of rotatable bonds is 3. The molecule has 1 saturated carbocycles. The molecule has 0 aromatic carbocycles. The SMILES string of the molecule is Cc1ncsc1C(=O)NC1(CN)CCCCC1C. The summed E-state index contributed by atoms with van der Waals surface area (Å²) in [4.78, 5) is 17.1. The maximum atomic E-state index is 12.3. The van der Waals surface area contributed by atoms with Gasteiger partial charge in [-0.2, -0.15) is 0 Å². The van der Waals surface area contributed by atoms with Crippen molar-refractivity contribution < 1.29 is 4.79 Å². The first-order valence-corrected chi connectivity index (χ1v) is 7.40. The molecule has 100 valence electrons. The molecular weight excluding hydrogens is 246 g/mol. The van der Waals surface area contributed by atoms with Crippen LogP contribution in [0.15, 0.2) is 5.51 Å². The lowest BCUT2D eigenvalue weighted by Gasteiger charge is -2.42. The highest BCUT2D eigenvalue weighted by molar-refractivity contribution is 7.11. The summed E-state index contributed by atoms with van der Waals surface area (Å²) < 4.78 is 0. The van der Waals surface area contributed by atoms with Crippen LogP contribution >= 0.6 is 11.3 Å². The van der Waals surface area contributed by atoms with Gasteiger partial charge in [0.2, 0.25) is 0 Å². The third-order valence-corrected chi connectivity index (χ3v) is 5.06. The van der Waals surface area contributed by atoms with Gasteiger partial charge in [-0.05, 0) is 25.7 Å². The van der Waals surface area contributed by atoms with Gasteiger partial charge in [-0.15, -0.1) is 11.3 Å². The summed E-state index contributed by atoms with van der Waals surface area (Å²) in [5.74, 6) is 0.419. The van der Waals surface area contributed by atoms with E-state index in [1.165, 1.54) is 17.8 Å². The molecule has 0 spiro atoms. The highest BCUT2D eigenvalue weighted by Crippen LogP contribution is 2.33. The lowest BCUT2D eigenvalue weighted by atomic mass is 9.73. The Morgan fingerprint density at radius 2 is 2.44 bits per heavy atom. The molecule has 1 aliphatic rings. The molecule has 1 amide bonds. The molecule has 2 rings (SSSR count). The smallest absolute Gasteiger partial charge is 0.263 e. The minimum absolute atomic E-state index is 0.0193. The van der Waals surface area contributed by atoms with E-state index in [-0.39, 0.29) is 11.4 Å². The Labute approximate surface area is 112 Å². The zero-order valence-corrected chi connectivity index (χ0v) is 11.8. The number of aryl methyl sites for hydroxylation is 1. The predicted octanol–water partition coefficient (Wildman–Crippen LogP) is 2.09. The van der Waals surface area contributed by atoms with Gasteiger partial charge in [-0.25, -0.2) is 4.98 Å². The molecule has 18 heavy (non-hydrogen) atoms. The van der Waals surface area contributed by atoms with E-state index >= 15 is 0 Å². The number of nitrogens with zero attached hydrogens (tertiary/aromatic N) is 1. The van der Waals surface area contributed by atoms with Crippen molar-refractivity contribution in [3.05, 3.63) is 16.1 Å². The van der Waals surface area contributed by atoms with Crippen molar-refractivity contribution in [3.8, 4) is 0 Å². The summed E-state index contributed by atoms with van der Waals surface area (Å²) in [6, 6.07) is 0. The molecular formula is C13H21N3OS. The second-order valence-corrected chi connectivity index (χ2v) is 6.08. The monoisotopic (exact) mass is 267 g/mol. The highest BCUT2D eigenvalue weighted by atomic mass is 32.1. The van der Waals surface area contributed by atoms with Gasteiger partial charge >= 0.3 is 0 Å². The Morgan fingerprint density at radius 1 is 1.67 bits per heavy atom. The number of nitrogens with two attached hydrogens (primary N) is 1. The molecule has 1 aromatic rings. The van der Waals surface area contributed by atoms with E-state index in [4.69, 9.17) is 5.73 Å². The second-order valence-electron chi connectivity index (χ2n) is 5.23. The van der Waals surface area contributed by atoms with E-state index < -0.39 is 0 Å². The zero-order chi connectivity index (χ0) is 13.2. The van der Waals surface area contributed by atoms with Crippen LogP contribution in [-0.4, -0.2) is 23.0 Å². The summed E-state index contributed by atoms with van der Waals surface area (Å²) in [6.45, 7) is 4.56. The number of amides is 1. The van der Waals surface area contributed by atoms with Crippen molar-refractivity contribution in [1.82, 2.24) is 10.3 Å². The van der Waals surface area contributed by atoms with E-state index in [9.17, 15) is 4.79 Å². The second kappa shape index (κ2) is 5.36. The van der Waals surface area contributed by atoms with Gasteiger partial charge in [-0.3, -0.25) is 4.79 Å². The van der Waals surface area contributed by atoms with E-state index in [1.54, 1.807) is 5.51 Å². The lowest BCUT2D eigenvalue weighted by Crippen LogP contribution is -2.59. The summed E-state index contributed by atoms with van der Waals surface area (Å²) in [6.07, 6.45) is 4.50. The summed E-state index contributed by atoms with van der Waals surface area (Å²) in [7, 11) is 0. The van der Waals surface area contributed by atoms with Crippen molar-refractivity contribution in [1.29, 1.82) is 0 Å². The number of nitrogens with one attached hydrogen (secondary N) is 1. The molecule has 0 bridgehead atoms. The maximum Gasteiger partial charge on any atom is 0.263 e. The van der Waals surface area contributed by atoms with Crippen LogP contribution < -0.4 is 11.1 Å². The van der Waals surface area contributed by atoms with Crippen LogP contribution in [0.2, 0.25) is 0 Å². The topological polar surface area (TPSA) is 68.0 Å². The standard InChI is InChI=1S/C13H21N3OS/c1-9-5-3-4-6-13(9,7-14)16-12(17)11-10(2)15-8-18-11/h8-9H,3-7,14H2,1-2H3,(H,16,17). The molecule has 0 radical (unpaired) electrons. The maximum absolute atomic E-state index is 12.3. The third kappa shape index (κ3) is 2.42. The van der Waals surface area contributed by atoms with Crippen LogP contribution in [0.1, 0.15) is 48.0 Å². The molecule has 2 atom stereocenters. The van der Waals surface area contributed by atoms with Gasteiger partial charge in [0.05, 0.1) is 16.7 Å². The van der Waals surface area contributed by atoms with E-state index in [0.29, 0.717) is 17.3 Å².